The molecule has 1 aliphatic rings. The summed E-state index contributed by atoms with van der Waals surface area (Å²) < 4.78 is 10.7. The molecule has 0 radical (unpaired) electrons. The van der Waals surface area contributed by atoms with Crippen molar-refractivity contribution in [3.05, 3.63) is 0 Å². The molecule has 1 unspecified atom stereocenters. The number of nitrogens with one attached hydrogen (secondary N) is 1. The predicted octanol–water partition coefficient (Wildman–Crippen LogP) is 2.12. The normalized spacial score (nSPS) is 21.4. The van der Waals surface area contributed by atoms with Crippen LogP contribution in [0.3, 0.4) is 0 Å². The molecule has 1 aliphatic heterocycles. The van der Waals surface area contributed by atoms with Gasteiger partial charge >= 0.3 is 5.97 Å². The molecule has 1 fully saturated rings. The summed E-state index contributed by atoms with van der Waals surface area (Å²) in [6, 6.07) is -0.260. The molecule has 0 aliphatic carbocycles. The molecule has 0 saturated carbocycles. The van der Waals surface area contributed by atoms with Gasteiger partial charge in [0, 0.05) is 19.8 Å². The lowest BCUT2D eigenvalue weighted by atomic mass is 9.82. The van der Waals surface area contributed by atoms with Crippen LogP contribution in [0.1, 0.15) is 47.5 Å². The predicted molar refractivity (Wildman–Crippen MR) is 71.5 cm³/mol. The van der Waals surface area contributed by atoms with Crippen LogP contribution in [0, 0.1) is 5.41 Å². The molecule has 0 aromatic rings. The van der Waals surface area contributed by atoms with E-state index in [2.05, 4.69) is 12.2 Å². The zero-order valence-corrected chi connectivity index (χ0v) is 12.3. The van der Waals surface area contributed by atoms with Gasteiger partial charge in [-0.25, -0.2) is 0 Å². The minimum atomic E-state index is -0.421. The fraction of sp³-hybridized carbons (Fsp3) is 0.929. The van der Waals surface area contributed by atoms with E-state index in [1.807, 2.05) is 27.7 Å². The van der Waals surface area contributed by atoms with Crippen LogP contribution >= 0.6 is 0 Å². The van der Waals surface area contributed by atoms with Gasteiger partial charge in [-0.2, -0.15) is 0 Å². The number of hydrogen-bond donors (Lipinski definition) is 1. The Hall–Kier alpha value is -0.610. The third-order valence-corrected chi connectivity index (χ3v) is 3.30. The maximum Gasteiger partial charge on any atom is 0.323 e. The third kappa shape index (κ3) is 5.36. The second-order valence-corrected chi connectivity index (χ2v) is 6.56. The van der Waals surface area contributed by atoms with Crippen LogP contribution in [0.2, 0.25) is 0 Å². The lowest BCUT2D eigenvalue weighted by Crippen LogP contribution is -2.45. The maximum absolute atomic E-state index is 11.8. The second-order valence-electron chi connectivity index (χ2n) is 6.56. The summed E-state index contributed by atoms with van der Waals surface area (Å²) in [5.74, 6) is -0.182. The Morgan fingerprint density at radius 2 is 1.94 bits per heavy atom. The first kappa shape index (κ1) is 15.4. The number of esters is 1. The summed E-state index contributed by atoms with van der Waals surface area (Å²) in [6.45, 7) is 12.2. The Kier molecular flexibility index (Phi) is 5.17. The molecule has 1 atom stereocenters. The molecule has 18 heavy (non-hydrogen) atoms. The zero-order valence-electron chi connectivity index (χ0n) is 12.3. The molecule has 106 valence electrons. The summed E-state index contributed by atoms with van der Waals surface area (Å²) in [5, 5.41) is 3.29. The van der Waals surface area contributed by atoms with Crippen molar-refractivity contribution in [2.45, 2.75) is 59.1 Å². The largest absolute Gasteiger partial charge is 0.459 e. The lowest BCUT2D eigenvalue weighted by Gasteiger charge is -2.34. The Morgan fingerprint density at radius 1 is 1.39 bits per heavy atom. The van der Waals surface area contributed by atoms with Crippen molar-refractivity contribution in [1.82, 2.24) is 5.32 Å². The van der Waals surface area contributed by atoms with Gasteiger partial charge < -0.3 is 14.8 Å². The van der Waals surface area contributed by atoms with Gasteiger partial charge in [0.15, 0.2) is 0 Å². The topological polar surface area (TPSA) is 47.6 Å². The molecular formula is C14H27NO3. The highest BCUT2D eigenvalue weighted by molar-refractivity contribution is 5.75. The van der Waals surface area contributed by atoms with Crippen LogP contribution in [0.5, 0.6) is 0 Å². The molecule has 0 spiro atoms. The number of carbonyl (C=O) groups excluding carboxylic acids is 1. The van der Waals surface area contributed by atoms with Gasteiger partial charge in [0.05, 0.1) is 0 Å². The lowest BCUT2D eigenvalue weighted by molar-refractivity contribution is -0.157. The van der Waals surface area contributed by atoms with Crippen molar-refractivity contribution in [2.75, 3.05) is 19.8 Å². The highest BCUT2D eigenvalue weighted by atomic mass is 16.6. The summed E-state index contributed by atoms with van der Waals surface area (Å²) in [5.41, 5.74) is -0.190. The summed E-state index contributed by atoms with van der Waals surface area (Å²) in [4.78, 5) is 11.8. The van der Waals surface area contributed by atoms with Crippen LogP contribution in [0.25, 0.3) is 0 Å². The van der Waals surface area contributed by atoms with E-state index >= 15 is 0 Å². The Morgan fingerprint density at radius 3 is 2.44 bits per heavy atom. The molecule has 4 nitrogen and oxygen atoms in total. The monoisotopic (exact) mass is 257 g/mol. The van der Waals surface area contributed by atoms with Crippen molar-refractivity contribution in [1.29, 1.82) is 0 Å². The van der Waals surface area contributed by atoms with Gasteiger partial charge in [-0.05, 0) is 46.0 Å². The number of hydrogen-bond acceptors (Lipinski definition) is 4. The number of carbonyl (C=O) groups is 1. The zero-order chi connectivity index (χ0) is 13.8. The fourth-order valence-corrected chi connectivity index (χ4v) is 1.91. The van der Waals surface area contributed by atoms with Gasteiger partial charge in [-0.1, -0.05) is 6.92 Å². The van der Waals surface area contributed by atoms with Gasteiger partial charge in [-0.3, -0.25) is 4.79 Å². The summed E-state index contributed by atoms with van der Waals surface area (Å²) in [6.07, 6.45) is 2.09. The molecule has 1 rings (SSSR count). The first-order valence-electron chi connectivity index (χ1n) is 6.76. The van der Waals surface area contributed by atoms with Crippen molar-refractivity contribution < 1.29 is 14.3 Å². The van der Waals surface area contributed by atoms with E-state index in [0.717, 1.165) is 32.6 Å². The average Bonchev–Trinajstić information content (AvgIpc) is 2.24. The molecule has 0 bridgehead atoms. The molecule has 0 aromatic heterocycles. The van der Waals surface area contributed by atoms with Gasteiger partial charge in [0.1, 0.15) is 11.6 Å². The highest BCUT2D eigenvalue weighted by Crippen LogP contribution is 2.28. The standard InChI is InChI=1S/C14H27NO3/c1-11(12(16)18-13(2,3)4)15-10-14(5)6-8-17-9-7-14/h11,15H,6-10H2,1-5H3. The van der Waals surface area contributed by atoms with Crippen LogP contribution in [-0.2, 0) is 14.3 Å². The Bertz CT molecular complexity index is 277. The van der Waals surface area contributed by atoms with Crippen molar-refractivity contribution in [2.24, 2.45) is 5.41 Å². The van der Waals surface area contributed by atoms with Gasteiger partial charge in [0.25, 0.3) is 0 Å². The molecule has 1 heterocycles. The minimum Gasteiger partial charge on any atom is -0.459 e. The van der Waals surface area contributed by atoms with E-state index in [1.165, 1.54) is 0 Å². The van der Waals surface area contributed by atoms with E-state index in [-0.39, 0.29) is 17.4 Å². The van der Waals surface area contributed by atoms with Crippen LogP contribution in [-0.4, -0.2) is 37.4 Å². The molecule has 4 heteroatoms. The quantitative estimate of drug-likeness (QED) is 0.784. The second kappa shape index (κ2) is 6.02. The molecular weight excluding hydrogens is 230 g/mol. The van der Waals surface area contributed by atoms with E-state index < -0.39 is 5.60 Å². The van der Waals surface area contributed by atoms with E-state index in [1.54, 1.807) is 0 Å². The Labute approximate surface area is 110 Å². The maximum atomic E-state index is 11.8. The molecule has 1 N–H and O–H groups in total. The smallest absolute Gasteiger partial charge is 0.323 e. The first-order chi connectivity index (χ1) is 8.22. The summed E-state index contributed by atoms with van der Waals surface area (Å²) in [7, 11) is 0. The van der Waals surface area contributed by atoms with E-state index in [0.29, 0.717) is 0 Å². The number of ether oxygens (including phenoxy) is 2. The molecule has 0 aromatic carbocycles. The fourth-order valence-electron chi connectivity index (χ4n) is 1.91. The molecule has 0 amide bonds. The van der Waals surface area contributed by atoms with E-state index in [9.17, 15) is 4.79 Å². The van der Waals surface area contributed by atoms with Crippen molar-refractivity contribution in [3.8, 4) is 0 Å². The van der Waals surface area contributed by atoms with Crippen LogP contribution in [0.15, 0.2) is 0 Å². The van der Waals surface area contributed by atoms with Crippen LogP contribution in [0.4, 0.5) is 0 Å². The first-order valence-corrected chi connectivity index (χ1v) is 6.76. The summed E-state index contributed by atoms with van der Waals surface area (Å²) >= 11 is 0. The average molecular weight is 257 g/mol. The SMILES string of the molecule is CC(NCC1(C)CCOCC1)C(=O)OC(C)(C)C. The van der Waals surface area contributed by atoms with Gasteiger partial charge in [0.2, 0.25) is 0 Å². The van der Waals surface area contributed by atoms with Crippen LogP contribution < -0.4 is 5.32 Å². The van der Waals surface area contributed by atoms with Crippen molar-refractivity contribution >= 4 is 5.97 Å². The van der Waals surface area contributed by atoms with E-state index in [4.69, 9.17) is 9.47 Å². The van der Waals surface area contributed by atoms with Crippen molar-refractivity contribution in [3.63, 3.8) is 0 Å². The third-order valence-electron chi connectivity index (χ3n) is 3.30. The Balaban J connectivity index is 2.35. The number of rotatable bonds is 4. The molecule has 1 saturated heterocycles. The minimum absolute atomic E-state index is 0.182. The highest BCUT2D eigenvalue weighted by Gasteiger charge is 2.29. The van der Waals surface area contributed by atoms with Gasteiger partial charge in [-0.15, -0.1) is 0 Å².